The number of carbonyl (C=O) groups is 1. The summed E-state index contributed by atoms with van der Waals surface area (Å²) < 4.78 is 10.5. The number of halogens is 1. The van der Waals surface area contributed by atoms with Gasteiger partial charge < -0.3 is 14.6 Å². The molecule has 3 aromatic rings. The van der Waals surface area contributed by atoms with Gasteiger partial charge in [-0.2, -0.15) is 16.3 Å². The summed E-state index contributed by atoms with van der Waals surface area (Å²) in [5.74, 6) is 1.33. The van der Waals surface area contributed by atoms with E-state index >= 15 is 0 Å². The quantitative estimate of drug-likeness (QED) is 0.662. The Bertz CT molecular complexity index is 882. The normalized spacial score (nSPS) is 10.9. The van der Waals surface area contributed by atoms with Crippen LogP contribution in [-0.4, -0.2) is 41.6 Å². The Kier molecular flexibility index (Phi) is 5.87. The molecule has 0 spiro atoms. The van der Waals surface area contributed by atoms with E-state index in [1.807, 2.05) is 16.8 Å². The van der Waals surface area contributed by atoms with Gasteiger partial charge in [0.2, 0.25) is 17.6 Å². The van der Waals surface area contributed by atoms with Gasteiger partial charge in [-0.3, -0.25) is 9.69 Å². The van der Waals surface area contributed by atoms with Gasteiger partial charge in [0.15, 0.2) is 0 Å². The molecular formula is C17H17ClN4O3S. The minimum Gasteiger partial charge on any atom is -0.495 e. The molecule has 0 saturated heterocycles. The van der Waals surface area contributed by atoms with Gasteiger partial charge in [0, 0.05) is 16.0 Å². The number of aromatic nitrogens is 2. The Hall–Kier alpha value is -2.42. The van der Waals surface area contributed by atoms with Crippen LogP contribution in [0.2, 0.25) is 5.02 Å². The van der Waals surface area contributed by atoms with E-state index in [-0.39, 0.29) is 12.5 Å². The number of amides is 1. The number of hydrogen-bond donors (Lipinski definition) is 1. The average molecular weight is 393 g/mol. The lowest BCUT2D eigenvalue weighted by Gasteiger charge is -2.15. The largest absolute Gasteiger partial charge is 0.495 e. The first kappa shape index (κ1) is 18.4. The lowest BCUT2D eigenvalue weighted by molar-refractivity contribution is -0.117. The molecular weight excluding hydrogens is 376 g/mol. The number of anilines is 1. The maximum atomic E-state index is 12.3. The zero-order valence-corrected chi connectivity index (χ0v) is 15.8. The predicted octanol–water partition coefficient (Wildman–Crippen LogP) is 3.53. The lowest BCUT2D eigenvalue weighted by atomic mass is 10.3. The molecule has 136 valence electrons. The summed E-state index contributed by atoms with van der Waals surface area (Å²) in [6.45, 7) is 0.503. The molecule has 0 bridgehead atoms. The molecule has 1 aromatic carbocycles. The van der Waals surface area contributed by atoms with Crippen molar-refractivity contribution in [2.24, 2.45) is 0 Å². The Morgan fingerprint density at radius 2 is 2.27 bits per heavy atom. The van der Waals surface area contributed by atoms with Crippen molar-refractivity contribution < 1.29 is 14.1 Å². The number of benzene rings is 1. The number of ether oxygens (including phenoxy) is 1. The first-order valence-corrected chi connectivity index (χ1v) is 9.04. The summed E-state index contributed by atoms with van der Waals surface area (Å²) in [5, 5.41) is 11.2. The van der Waals surface area contributed by atoms with Crippen LogP contribution in [0.15, 0.2) is 39.5 Å². The minimum atomic E-state index is -0.203. The molecule has 26 heavy (non-hydrogen) atoms. The number of methoxy groups -OCH3 is 1. The zero-order chi connectivity index (χ0) is 18.5. The van der Waals surface area contributed by atoms with Crippen LogP contribution in [0, 0.1) is 0 Å². The molecule has 7 nitrogen and oxygen atoms in total. The van der Waals surface area contributed by atoms with Gasteiger partial charge in [0.05, 0.1) is 25.9 Å². The van der Waals surface area contributed by atoms with Crippen molar-refractivity contribution in [2.75, 3.05) is 26.0 Å². The highest BCUT2D eigenvalue weighted by Crippen LogP contribution is 2.27. The molecule has 2 aromatic heterocycles. The van der Waals surface area contributed by atoms with E-state index in [2.05, 4.69) is 15.5 Å². The van der Waals surface area contributed by atoms with Crippen LogP contribution in [0.3, 0.4) is 0 Å². The standard InChI is InChI=1S/C17H17ClN4O3S/c1-22(9-16-20-17(21-25-16)11-5-6-26-10-11)8-15(23)19-13-7-12(18)3-4-14(13)24-2/h3-7,10H,8-9H2,1-2H3,(H,19,23). The predicted molar refractivity (Wildman–Crippen MR) is 101 cm³/mol. The number of hydrogen-bond acceptors (Lipinski definition) is 7. The maximum Gasteiger partial charge on any atom is 0.241 e. The molecule has 0 fully saturated rings. The Balaban J connectivity index is 1.57. The molecule has 0 radical (unpaired) electrons. The summed E-state index contributed by atoms with van der Waals surface area (Å²) in [6.07, 6.45) is 0. The van der Waals surface area contributed by atoms with Crippen molar-refractivity contribution in [1.82, 2.24) is 15.0 Å². The topological polar surface area (TPSA) is 80.5 Å². The second-order valence-electron chi connectivity index (χ2n) is 5.59. The number of carbonyl (C=O) groups excluding carboxylic acids is 1. The fraction of sp³-hybridized carbons (Fsp3) is 0.235. The van der Waals surface area contributed by atoms with Crippen LogP contribution in [0.5, 0.6) is 5.75 Å². The third-order valence-corrected chi connectivity index (χ3v) is 4.42. The zero-order valence-electron chi connectivity index (χ0n) is 14.2. The van der Waals surface area contributed by atoms with Gasteiger partial charge in [-0.05, 0) is 36.7 Å². The average Bonchev–Trinajstić information content (AvgIpc) is 3.26. The van der Waals surface area contributed by atoms with E-state index < -0.39 is 0 Å². The van der Waals surface area contributed by atoms with E-state index in [1.165, 1.54) is 7.11 Å². The second-order valence-corrected chi connectivity index (χ2v) is 6.81. The SMILES string of the molecule is COc1ccc(Cl)cc1NC(=O)CN(C)Cc1nc(-c2ccsc2)no1. The number of likely N-dealkylation sites (N-methyl/N-ethyl adjacent to an activating group) is 1. The van der Waals surface area contributed by atoms with Crippen LogP contribution in [-0.2, 0) is 11.3 Å². The number of nitrogens with one attached hydrogen (secondary N) is 1. The number of nitrogens with zero attached hydrogens (tertiary/aromatic N) is 3. The van der Waals surface area contributed by atoms with Crippen molar-refractivity contribution in [3.05, 3.63) is 45.9 Å². The molecule has 0 aliphatic rings. The fourth-order valence-corrected chi connectivity index (χ4v) is 3.13. The van der Waals surface area contributed by atoms with Gasteiger partial charge in [0.1, 0.15) is 5.75 Å². The van der Waals surface area contributed by atoms with Crippen LogP contribution in [0.25, 0.3) is 11.4 Å². The summed E-state index contributed by atoms with van der Waals surface area (Å²) in [7, 11) is 3.33. The van der Waals surface area contributed by atoms with Crippen LogP contribution in [0.1, 0.15) is 5.89 Å². The van der Waals surface area contributed by atoms with Gasteiger partial charge in [-0.15, -0.1) is 0 Å². The smallest absolute Gasteiger partial charge is 0.241 e. The molecule has 0 unspecified atom stereocenters. The van der Waals surface area contributed by atoms with Crippen molar-refractivity contribution in [3.8, 4) is 17.1 Å². The van der Waals surface area contributed by atoms with E-state index in [9.17, 15) is 4.79 Å². The van der Waals surface area contributed by atoms with Crippen molar-refractivity contribution in [2.45, 2.75) is 6.54 Å². The van der Waals surface area contributed by atoms with E-state index in [0.717, 1.165) is 5.56 Å². The molecule has 0 saturated carbocycles. The van der Waals surface area contributed by atoms with E-state index in [4.69, 9.17) is 20.9 Å². The van der Waals surface area contributed by atoms with Gasteiger partial charge in [0.25, 0.3) is 0 Å². The number of thiophene rings is 1. The molecule has 1 N–H and O–H groups in total. The molecule has 3 rings (SSSR count). The van der Waals surface area contributed by atoms with Crippen molar-refractivity contribution >= 4 is 34.5 Å². The third kappa shape index (κ3) is 4.60. The third-order valence-electron chi connectivity index (χ3n) is 3.50. The summed E-state index contributed by atoms with van der Waals surface area (Å²) in [4.78, 5) is 18.4. The summed E-state index contributed by atoms with van der Waals surface area (Å²) >= 11 is 7.54. The van der Waals surface area contributed by atoms with Gasteiger partial charge in [-0.25, -0.2) is 0 Å². The monoisotopic (exact) mass is 392 g/mol. The molecule has 0 aliphatic heterocycles. The summed E-state index contributed by atoms with van der Waals surface area (Å²) in [6, 6.07) is 6.97. The maximum absolute atomic E-state index is 12.3. The molecule has 1 amide bonds. The first-order chi connectivity index (χ1) is 12.5. The molecule has 2 heterocycles. The van der Waals surface area contributed by atoms with Crippen LogP contribution < -0.4 is 10.1 Å². The molecule has 0 atom stereocenters. The second kappa shape index (κ2) is 8.31. The van der Waals surface area contributed by atoms with Gasteiger partial charge >= 0.3 is 0 Å². The number of rotatable bonds is 7. The highest BCUT2D eigenvalue weighted by molar-refractivity contribution is 7.08. The van der Waals surface area contributed by atoms with Crippen LogP contribution in [0.4, 0.5) is 5.69 Å². The highest BCUT2D eigenvalue weighted by Gasteiger charge is 2.14. The molecule has 0 aliphatic carbocycles. The molecule has 9 heteroatoms. The van der Waals surface area contributed by atoms with Crippen LogP contribution >= 0.6 is 22.9 Å². The van der Waals surface area contributed by atoms with E-state index in [1.54, 1.807) is 41.5 Å². The first-order valence-electron chi connectivity index (χ1n) is 7.72. The minimum absolute atomic E-state index is 0.145. The Labute approximate surface area is 159 Å². The van der Waals surface area contributed by atoms with Crippen molar-refractivity contribution in [3.63, 3.8) is 0 Å². The Morgan fingerprint density at radius 1 is 1.42 bits per heavy atom. The Morgan fingerprint density at radius 3 is 3.00 bits per heavy atom. The van der Waals surface area contributed by atoms with E-state index in [0.29, 0.717) is 34.7 Å². The fourth-order valence-electron chi connectivity index (χ4n) is 2.33. The van der Waals surface area contributed by atoms with Gasteiger partial charge in [-0.1, -0.05) is 16.8 Å². The van der Waals surface area contributed by atoms with Crippen molar-refractivity contribution in [1.29, 1.82) is 0 Å². The summed E-state index contributed by atoms with van der Waals surface area (Å²) in [5.41, 5.74) is 1.44. The lowest BCUT2D eigenvalue weighted by Crippen LogP contribution is -2.30. The highest BCUT2D eigenvalue weighted by atomic mass is 35.5.